The maximum atomic E-state index is 13.6. The van der Waals surface area contributed by atoms with Crippen LogP contribution in [0.3, 0.4) is 0 Å². The Morgan fingerprint density at radius 2 is 1.92 bits per heavy atom. The van der Waals surface area contributed by atoms with Gasteiger partial charge in [-0.3, -0.25) is 0 Å². The minimum absolute atomic E-state index is 0.150. The summed E-state index contributed by atoms with van der Waals surface area (Å²) >= 11 is 3.57. The van der Waals surface area contributed by atoms with Crippen molar-refractivity contribution in [2.75, 3.05) is 19.8 Å². The van der Waals surface area contributed by atoms with Crippen LogP contribution in [-0.2, 0) is 13.0 Å². The molecule has 0 atom stereocenters. The first-order valence-electron chi connectivity index (χ1n) is 8.67. The smallest absolute Gasteiger partial charge is 0.175 e. The van der Waals surface area contributed by atoms with Crippen molar-refractivity contribution < 1.29 is 13.9 Å². The molecule has 0 heterocycles. The first-order chi connectivity index (χ1) is 12.2. The van der Waals surface area contributed by atoms with Crippen molar-refractivity contribution in [2.24, 2.45) is 0 Å². The second-order valence-electron chi connectivity index (χ2n) is 5.70. The van der Waals surface area contributed by atoms with Crippen LogP contribution in [0.15, 0.2) is 40.9 Å². The zero-order valence-electron chi connectivity index (χ0n) is 14.8. The molecule has 136 valence electrons. The van der Waals surface area contributed by atoms with E-state index in [0.717, 1.165) is 33.5 Å². The topological polar surface area (TPSA) is 30.5 Å². The summed E-state index contributed by atoms with van der Waals surface area (Å²) in [4.78, 5) is 0. The van der Waals surface area contributed by atoms with Crippen LogP contribution in [0.1, 0.15) is 31.4 Å². The normalized spacial score (nSPS) is 10.7. The fraction of sp³-hybridized carbons (Fsp3) is 0.400. The lowest BCUT2D eigenvalue weighted by Gasteiger charge is -2.15. The van der Waals surface area contributed by atoms with E-state index >= 15 is 0 Å². The molecule has 0 saturated carbocycles. The highest BCUT2D eigenvalue weighted by atomic mass is 79.9. The standard InChI is InChI=1S/C20H25BrFNO2/c1-3-11-25-20-17(21)12-15(13-19(20)24-4-2)14-23-10-9-16-7-5-6-8-18(16)22/h5-8,12-13,23H,3-4,9-11,14H2,1-2H3. The SMILES string of the molecule is CCCOc1c(Br)cc(CNCCc2ccccc2F)cc1OCC. The molecule has 0 aliphatic rings. The Hall–Kier alpha value is -1.59. The second-order valence-corrected chi connectivity index (χ2v) is 6.56. The molecule has 0 aromatic heterocycles. The Kier molecular flexibility index (Phi) is 8.22. The molecule has 0 aliphatic carbocycles. The molecule has 0 spiro atoms. The molecule has 0 radical (unpaired) electrons. The molecule has 0 unspecified atom stereocenters. The van der Waals surface area contributed by atoms with Gasteiger partial charge in [-0.2, -0.15) is 0 Å². The molecule has 2 aromatic carbocycles. The predicted octanol–water partition coefficient (Wildman–Crippen LogP) is 5.11. The lowest BCUT2D eigenvalue weighted by molar-refractivity contribution is 0.275. The van der Waals surface area contributed by atoms with E-state index in [4.69, 9.17) is 9.47 Å². The van der Waals surface area contributed by atoms with Gasteiger partial charge < -0.3 is 14.8 Å². The molecule has 2 rings (SSSR count). The van der Waals surface area contributed by atoms with Crippen molar-refractivity contribution in [3.8, 4) is 11.5 Å². The summed E-state index contributed by atoms with van der Waals surface area (Å²) in [6.45, 7) is 6.65. The van der Waals surface area contributed by atoms with Crippen molar-refractivity contribution in [3.05, 3.63) is 57.8 Å². The van der Waals surface area contributed by atoms with Gasteiger partial charge in [-0.05, 0) is 71.6 Å². The van der Waals surface area contributed by atoms with E-state index < -0.39 is 0 Å². The molecule has 25 heavy (non-hydrogen) atoms. The highest BCUT2D eigenvalue weighted by Gasteiger charge is 2.12. The summed E-state index contributed by atoms with van der Waals surface area (Å²) in [5.74, 6) is 1.35. The van der Waals surface area contributed by atoms with E-state index in [1.807, 2.05) is 31.2 Å². The van der Waals surface area contributed by atoms with Crippen LogP contribution < -0.4 is 14.8 Å². The number of nitrogens with one attached hydrogen (secondary N) is 1. The van der Waals surface area contributed by atoms with Gasteiger partial charge in [0.15, 0.2) is 11.5 Å². The van der Waals surface area contributed by atoms with Crippen LogP contribution in [-0.4, -0.2) is 19.8 Å². The average molecular weight is 410 g/mol. The number of halogens is 2. The van der Waals surface area contributed by atoms with E-state index in [1.165, 1.54) is 6.07 Å². The van der Waals surface area contributed by atoms with Gasteiger partial charge in [0.2, 0.25) is 0 Å². The first-order valence-corrected chi connectivity index (χ1v) is 9.47. The lowest BCUT2D eigenvalue weighted by atomic mass is 10.1. The van der Waals surface area contributed by atoms with E-state index in [9.17, 15) is 4.39 Å². The summed E-state index contributed by atoms with van der Waals surface area (Å²) in [6, 6.07) is 10.9. The fourth-order valence-electron chi connectivity index (χ4n) is 2.49. The quantitative estimate of drug-likeness (QED) is 0.553. The Morgan fingerprint density at radius 1 is 1.12 bits per heavy atom. The molecule has 5 heteroatoms. The summed E-state index contributed by atoms with van der Waals surface area (Å²) in [7, 11) is 0. The third-order valence-corrected chi connectivity index (χ3v) is 4.27. The third kappa shape index (κ3) is 6.01. The molecule has 0 saturated heterocycles. The van der Waals surface area contributed by atoms with E-state index in [1.54, 1.807) is 6.07 Å². The van der Waals surface area contributed by atoms with Crippen molar-refractivity contribution in [3.63, 3.8) is 0 Å². The number of benzene rings is 2. The number of ether oxygens (including phenoxy) is 2. The summed E-state index contributed by atoms with van der Waals surface area (Å²) in [5.41, 5.74) is 1.82. The Labute approximate surface area is 157 Å². The molecule has 2 aromatic rings. The predicted molar refractivity (Wildman–Crippen MR) is 103 cm³/mol. The monoisotopic (exact) mass is 409 g/mol. The van der Waals surface area contributed by atoms with Crippen molar-refractivity contribution in [2.45, 2.75) is 33.2 Å². The molecular weight excluding hydrogens is 385 g/mol. The van der Waals surface area contributed by atoms with Crippen LogP contribution in [0.2, 0.25) is 0 Å². The number of rotatable bonds is 10. The molecular formula is C20H25BrFNO2. The van der Waals surface area contributed by atoms with Crippen LogP contribution in [0.25, 0.3) is 0 Å². The molecule has 1 N–H and O–H groups in total. The minimum Gasteiger partial charge on any atom is -0.490 e. The zero-order valence-corrected chi connectivity index (χ0v) is 16.4. The largest absolute Gasteiger partial charge is 0.490 e. The fourth-order valence-corrected chi connectivity index (χ4v) is 3.09. The molecule has 0 amide bonds. The van der Waals surface area contributed by atoms with Gasteiger partial charge in [0, 0.05) is 6.54 Å². The maximum Gasteiger partial charge on any atom is 0.175 e. The van der Waals surface area contributed by atoms with Crippen LogP contribution in [0.5, 0.6) is 11.5 Å². The third-order valence-electron chi connectivity index (χ3n) is 3.68. The Balaban J connectivity index is 1.96. The van der Waals surface area contributed by atoms with Crippen molar-refractivity contribution in [1.82, 2.24) is 5.32 Å². The van der Waals surface area contributed by atoms with Gasteiger partial charge in [0.25, 0.3) is 0 Å². The zero-order chi connectivity index (χ0) is 18.1. The molecule has 0 aliphatic heterocycles. The second kappa shape index (κ2) is 10.4. The van der Waals surface area contributed by atoms with E-state index in [0.29, 0.717) is 32.7 Å². The van der Waals surface area contributed by atoms with E-state index in [-0.39, 0.29) is 5.82 Å². The summed E-state index contributed by atoms with van der Waals surface area (Å²) in [6.07, 6.45) is 1.60. The average Bonchev–Trinajstić information content (AvgIpc) is 2.60. The first kappa shape index (κ1) is 19.7. The van der Waals surface area contributed by atoms with Gasteiger partial charge in [-0.1, -0.05) is 25.1 Å². The van der Waals surface area contributed by atoms with Crippen molar-refractivity contribution >= 4 is 15.9 Å². The van der Waals surface area contributed by atoms with Gasteiger partial charge in [-0.25, -0.2) is 4.39 Å². The molecule has 0 fully saturated rings. The molecule has 3 nitrogen and oxygen atoms in total. The van der Waals surface area contributed by atoms with Crippen LogP contribution >= 0.6 is 15.9 Å². The Morgan fingerprint density at radius 3 is 2.64 bits per heavy atom. The van der Waals surface area contributed by atoms with Gasteiger partial charge >= 0.3 is 0 Å². The van der Waals surface area contributed by atoms with E-state index in [2.05, 4.69) is 28.2 Å². The number of hydrogen-bond donors (Lipinski definition) is 1. The van der Waals surface area contributed by atoms with Gasteiger partial charge in [0.1, 0.15) is 5.82 Å². The minimum atomic E-state index is -0.150. The highest BCUT2D eigenvalue weighted by Crippen LogP contribution is 2.37. The van der Waals surface area contributed by atoms with Crippen molar-refractivity contribution in [1.29, 1.82) is 0 Å². The number of hydrogen-bond acceptors (Lipinski definition) is 3. The Bertz CT molecular complexity index is 679. The maximum absolute atomic E-state index is 13.6. The van der Waals surface area contributed by atoms with Crippen LogP contribution in [0, 0.1) is 5.82 Å². The molecule has 0 bridgehead atoms. The van der Waals surface area contributed by atoms with Gasteiger partial charge in [-0.15, -0.1) is 0 Å². The lowest BCUT2D eigenvalue weighted by Crippen LogP contribution is -2.17. The van der Waals surface area contributed by atoms with Crippen LogP contribution in [0.4, 0.5) is 4.39 Å². The highest BCUT2D eigenvalue weighted by molar-refractivity contribution is 9.10. The summed E-state index contributed by atoms with van der Waals surface area (Å²) < 4.78 is 26.0. The summed E-state index contributed by atoms with van der Waals surface area (Å²) in [5, 5.41) is 3.35. The van der Waals surface area contributed by atoms with Gasteiger partial charge in [0.05, 0.1) is 17.7 Å².